The van der Waals surface area contributed by atoms with Gasteiger partial charge in [-0.3, -0.25) is 4.79 Å². The Hall–Kier alpha value is -0.700. The first kappa shape index (κ1) is 14.4. The molecule has 0 aromatic rings. The van der Waals surface area contributed by atoms with Gasteiger partial charge < -0.3 is 20.8 Å². The molecular weight excluding hydrogens is 248 g/mol. The third kappa shape index (κ3) is 5.44. The summed E-state index contributed by atoms with van der Waals surface area (Å²) in [6, 6.07) is -0.375. The molecule has 4 N–H and O–H groups in total. The zero-order valence-electron chi connectivity index (χ0n) is 9.42. The van der Waals surface area contributed by atoms with E-state index in [0.29, 0.717) is 6.54 Å². The van der Waals surface area contributed by atoms with Crippen LogP contribution in [0, 0.1) is 0 Å². The number of carbonyl (C=O) groups excluding carboxylic acids is 1. The molecule has 7 nitrogen and oxygen atoms in total. The second-order valence-corrected chi connectivity index (χ2v) is 6.34. The molecule has 1 fully saturated rings. The van der Waals surface area contributed by atoms with Crippen LogP contribution in [0.3, 0.4) is 0 Å². The third-order valence-electron chi connectivity index (χ3n) is 2.48. The van der Waals surface area contributed by atoms with Crippen LogP contribution in [0.2, 0.25) is 0 Å². The van der Waals surface area contributed by atoms with E-state index in [2.05, 4.69) is 10.6 Å². The number of amides is 1. The first-order valence-electron chi connectivity index (χ1n) is 5.42. The maximum atomic E-state index is 11.4. The fraction of sp³-hybridized carbons (Fsp3) is 0.889. The zero-order valence-corrected chi connectivity index (χ0v) is 10.2. The van der Waals surface area contributed by atoms with Crippen molar-refractivity contribution in [2.75, 3.05) is 31.2 Å². The number of nitrogens with one attached hydrogen (secondary N) is 2. The molecule has 0 aromatic carbocycles. The lowest BCUT2D eigenvalue weighted by molar-refractivity contribution is -0.122. The Morgan fingerprint density at radius 1 is 1.53 bits per heavy atom. The van der Waals surface area contributed by atoms with E-state index < -0.39 is 22.5 Å². The molecule has 17 heavy (non-hydrogen) atoms. The lowest BCUT2D eigenvalue weighted by Gasteiger charge is -2.23. The monoisotopic (exact) mass is 266 g/mol. The Morgan fingerprint density at radius 2 is 2.24 bits per heavy atom. The Labute approximate surface area is 100 Å². The summed E-state index contributed by atoms with van der Waals surface area (Å²) < 4.78 is 22.6. The predicted octanol–water partition coefficient (Wildman–Crippen LogP) is -2.77. The topological polar surface area (TPSA) is 116 Å². The summed E-state index contributed by atoms with van der Waals surface area (Å²) in [4.78, 5) is 11.4. The van der Waals surface area contributed by atoms with Gasteiger partial charge >= 0.3 is 0 Å². The molecule has 2 atom stereocenters. The van der Waals surface area contributed by atoms with Crippen molar-refractivity contribution >= 4 is 15.7 Å². The highest BCUT2D eigenvalue weighted by Crippen LogP contribution is 2.04. The molecule has 1 aliphatic heterocycles. The number of sulfone groups is 1. The van der Waals surface area contributed by atoms with Crippen LogP contribution in [0.15, 0.2) is 0 Å². The Bertz CT molecular complexity index is 356. The number of hydrogen-bond donors (Lipinski definition) is 4. The molecule has 100 valence electrons. The van der Waals surface area contributed by atoms with Crippen LogP contribution in [-0.2, 0) is 14.6 Å². The SMILES string of the molecule is O=C(CC1CS(=O)(=O)CCN1)NCC(O)CO. The average Bonchev–Trinajstić information content (AvgIpc) is 2.24. The first-order valence-corrected chi connectivity index (χ1v) is 7.24. The van der Waals surface area contributed by atoms with Gasteiger partial charge in [-0.25, -0.2) is 8.42 Å². The summed E-state index contributed by atoms with van der Waals surface area (Å²) >= 11 is 0. The fourth-order valence-corrected chi connectivity index (χ4v) is 3.03. The number of aliphatic hydroxyl groups is 2. The largest absolute Gasteiger partial charge is 0.394 e. The zero-order chi connectivity index (χ0) is 12.9. The van der Waals surface area contributed by atoms with Crippen LogP contribution >= 0.6 is 0 Å². The van der Waals surface area contributed by atoms with Gasteiger partial charge in [0, 0.05) is 25.6 Å². The van der Waals surface area contributed by atoms with Crippen molar-refractivity contribution in [3.8, 4) is 0 Å². The molecule has 8 heteroatoms. The lowest BCUT2D eigenvalue weighted by atomic mass is 10.2. The van der Waals surface area contributed by atoms with Crippen LogP contribution in [0.25, 0.3) is 0 Å². The minimum Gasteiger partial charge on any atom is -0.394 e. The highest BCUT2D eigenvalue weighted by atomic mass is 32.2. The Balaban J connectivity index is 2.31. The van der Waals surface area contributed by atoms with E-state index in [1.165, 1.54) is 0 Å². The van der Waals surface area contributed by atoms with Gasteiger partial charge in [0.05, 0.1) is 24.2 Å². The minimum absolute atomic E-state index is 0.0329. The first-order chi connectivity index (χ1) is 7.93. The molecule has 2 unspecified atom stereocenters. The summed E-state index contributed by atoms with van der Waals surface area (Å²) in [5, 5.41) is 22.9. The highest BCUT2D eigenvalue weighted by molar-refractivity contribution is 7.91. The second-order valence-electron chi connectivity index (χ2n) is 4.11. The van der Waals surface area contributed by atoms with Crippen molar-refractivity contribution in [2.45, 2.75) is 18.6 Å². The molecule has 1 rings (SSSR count). The molecule has 0 spiro atoms. The van der Waals surface area contributed by atoms with Gasteiger partial charge in [-0.05, 0) is 0 Å². The van der Waals surface area contributed by atoms with Gasteiger partial charge in [0.2, 0.25) is 5.91 Å². The average molecular weight is 266 g/mol. The standard InChI is InChI=1S/C9H18N2O5S/c12-5-8(13)4-11-9(14)3-7-6-17(15,16)2-1-10-7/h7-8,10,12-13H,1-6H2,(H,11,14). The van der Waals surface area contributed by atoms with Crippen LogP contribution in [0.1, 0.15) is 6.42 Å². The minimum atomic E-state index is -3.05. The molecular formula is C9H18N2O5S. The molecule has 0 bridgehead atoms. The third-order valence-corrected chi connectivity index (χ3v) is 4.21. The molecule has 0 aliphatic carbocycles. The maximum Gasteiger partial charge on any atom is 0.221 e. The smallest absolute Gasteiger partial charge is 0.221 e. The summed E-state index contributed by atoms with van der Waals surface area (Å²) in [6.07, 6.45) is -0.931. The quantitative estimate of drug-likeness (QED) is 0.428. The van der Waals surface area contributed by atoms with E-state index in [-0.39, 0.29) is 36.4 Å². The molecule has 1 aliphatic rings. The van der Waals surface area contributed by atoms with Gasteiger partial charge in [-0.2, -0.15) is 0 Å². The van der Waals surface area contributed by atoms with Crippen molar-refractivity contribution in [3.63, 3.8) is 0 Å². The van der Waals surface area contributed by atoms with E-state index >= 15 is 0 Å². The summed E-state index contributed by atoms with van der Waals surface area (Å²) in [7, 11) is -3.05. The van der Waals surface area contributed by atoms with E-state index in [1.54, 1.807) is 0 Å². The van der Waals surface area contributed by atoms with Crippen molar-refractivity contribution in [3.05, 3.63) is 0 Å². The Kier molecular flexibility index (Phi) is 5.31. The number of aliphatic hydroxyl groups excluding tert-OH is 2. The summed E-state index contributed by atoms with van der Waals surface area (Å²) in [5.74, 6) is -0.274. The van der Waals surface area contributed by atoms with Crippen molar-refractivity contribution in [1.29, 1.82) is 0 Å². The number of rotatable bonds is 5. The molecule has 0 aromatic heterocycles. The highest BCUT2D eigenvalue weighted by Gasteiger charge is 2.25. The Morgan fingerprint density at radius 3 is 2.82 bits per heavy atom. The number of carbonyl (C=O) groups is 1. The van der Waals surface area contributed by atoms with Crippen molar-refractivity contribution in [1.82, 2.24) is 10.6 Å². The van der Waals surface area contributed by atoms with Gasteiger partial charge in [0.15, 0.2) is 9.84 Å². The fourth-order valence-electron chi connectivity index (χ4n) is 1.59. The van der Waals surface area contributed by atoms with Gasteiger partial charge in [-0.1, -0.05) is 0 Å². The van der Waals surface area contributed by atoms with Crippen molar-refractivity contribution in [2.24, 2.45) is 0 Å². The number of hydrogen-bond acceptors (Lipinski definition) is 6. The van der Waals surface area contributed by atoms with E-state index in [1.807, 2.05) is 0 Å². The van der Waals surface area contributed by atoms with Gasteiger partial charge in [0.25, 0.3) is 0 Å². The normalized spacial score (nSPS) is 25.2. The maximum absolute atomic E-state index is 11.4. The molecule has 0 saturated carbocycles. The summed E-state index contributed by atoms with van der Waals surface area (Å²) in [5.41, 5.74) is 0. The van der Waals surface area contributed by atoms with Gasteiger partial charge in [-0.15, -0.1) is 0 Å². The molecule has 1 amide bonds. The second kappa shape index (κ2) is 6.29. The van der Waals surface area contributed by atoms with Crippen LogP contribution in [0.5, 0.6) is 0 Å². The molecule has 1 heterocycles. The van der Waals surface area contributed by atoms with Crippen LogP contribution < -0.4 is 10.6 Å². The van der Waals surface area contributed by atoms with Crippen LogP contribution in [0.4, 0.5) is 0 Å². The molecule has 0 radical (unpaired) electrons. The van der Waals surface area contributed by atoms with E-state index in [0.717, 1.165) is 0 Å². The molecule has 1 saturated heterocycles. The van der Waals surface area contributed by atoms with Gasteiger partial charge in [0.1, 0.15) is 0 Å². The summed E-state index contributed by atoms with van der Waals surface area (Å²) in [6.45, 7) is -0.0926. The van der Waals surface area contributed by atoms with Crippen molar-refractivity contribution < 1.29 is 23.4 Å². The van der Waals surface area contributed by atoms with E-state index in [4.69, 9.17) is 10.2 Å². The lowest BCUT2D eigenvalue weighted by Crippen LogP contribution is -2.47. The van der Waals surface area contributed by atoms with Crippen LogP contribution in [-0.4, -0.2) is 67.9 Å². The van der Waals surface area contributed by atoms with E-state index in [9.17, 15) is 13.2 Å². The predicted molar refractivity (Wildman–Crippen MR) is 61.2 cm³/mol.